The molecular weight excluding hydrogens is 258 g/mol. The van der Waals surface area contributed by atoms with Crippen molar-refractivity contribution >= 4 is 22.8 Å². The average molecular weight is 271 g/mol. The van der Waals surface area contributed by atoms with E-state index in [1.165, 1.54) is 24.3 Å². The summed E-state index contributed by atoms with van der Waals surface area (Å²) in [7, 11) is 0. The summed E-state index contributed by atoms with van der Waals surface area (Å²) in [5.74, 6) is -0.357. The number of carbonyl (C=O) groups excluding carboxylic acids is 2. The first-order chi connectivity index (χ1) is 9.34. The number of Topliss-reactive ketones (excluding diaryl/α,β-unsaturated/α-hetero) is 2. The molecule has 5 heteroatoms. The Bertz CT molecular complexity index is 693. The molecule has 0 N–H and O–H groups in total. The maximum atomic E-state index is 12.3. The van der Waals surface area contributed by atoms with E-state index in [4.69, 9.17) is 0 Å². The minimum absolute atomic E-state index is 0.0509. The zero-order valence-electron chi connectivity index (χ0n) is 11.4. The molecule has 0 saturated heterocycles. The molecule has 0 amide bonds. The third kappa shape index (κ3) is 2.07. The summed E-state index contributed by atoms with van der Waals surface area (Å²) in [6, 6.07) is 5.65. The van der Waals surface area contributed by atoms with Gasteiger partial charge in [-0.15, -0.1) is 0 Å². The number of ketones is 2. The number of allylic oxidation sites excluding steroid dienone is 4. The maximum absolute atomic E-state index is 12.3. The van der Waals surface area contributed by atoms with E-state index in [2.05, 4.69) is 0 Å². The second kappa shape index (κ2) is 4.85. The van der Waals surface area contributed by atoms with Gasteiger partial charge in [-0.1, -0.05) is 0 Å². The molecule has 1 aliphatic carbocycles. The molecule has 5 nitrogen and oxygen atoms in total. The molecule has 20 heavy (non-hydrogen) atoms. The van der Waals surface area contributed by atoms with Gasteiger partial charge in [-0.05, 0) is 38.5 Å². The monoisotopic (exact) mass is 271 g/mol. The third-order valence-electron chi connectivity index (χ3n) is 3.55. The molecule has 0 fully saturated rings. The van der Waals surface area contributed by atoms with E-state index in [9.17, 15) is 19.7 Å². The Morgan fingerprint density at radius 2 is 1.35 bits per heavy atom. The number of nitro groups is 1. The van der Waals surface area contributed by atoms with Crippen LogP contribution in [0.25, 0.3) is 5.57 Å². The van der Waals surface area contributed by atoms with Crippen LogP contribution >= 0.6 is 0 Å². The lowest BCUT2D eigenvalue weighted by Gasteiger charge is -2.18. The van der Waals surface area contributed by atoms with E-state index >= 15 is 0 Å². The Hall–Kier alpha value is -2.56. The predicted molar refractivity (Wildman–Crippen MR) is 74.1 cm³/mol. The number of benzene rings is 1. The van der Waals surface area contributed by atoms with Gasteiger partial charge in [0.15, 0.2) is 11.6 Å². The molecule has 0 radical (unpaired) electrons. The van der Waals surface area contributed by atoms with E-state index < -0.39 is 4.92 Å². The van der Waals surface area contributed by atoms with Crippen molar-refractivity contribution in [1.29, 1.82) is 0 Å². The Labute approximate surface area is 115 Å². The molecule has 0 aliphatic heterocycles. The molecule has 0 heterocycles. The minimum atomic E-state index is -0.506. The Balaban J connectivity index is 2.54. The molecule has 0 aromatic heterocycles. The van der Waals surface area contributed by atoms with E-state index in [0.717, 1.165) is 0 Å². The van der Waals surface area contributed by atoms with Crippen LogP contribution in [0.5, 0.6) is 0 Å². The van der Waals surface area contributed by atoms with Gasteiger partial charge in [0.05, 0.1) is 4.92 Å². The van der Waals surface area contributed by atoms with Crippen LogP contribution in [0, 0.1) is 10.1 Å². The van der Waals surface area contributed by atoms with Gasteiger partial charge in [-0.3, -0.25) is 19.7 Å². The average Bonchev–Trinajstić information content (AvgIpc) is 2.44. The Morgan fingerprint density at radius 1 is 0.850 bits per heavy atom. The first kappa shape index (κ1) is 13.9. The van der Waals surface area contributed by atoms with Crippen LogP contribution in [0.2, 0.25) is 0 Å². The normalized spacial score (nSPS) is 15.9. The van der Waals surface area contributed by atoms with Crippen molar-refractivity contribution in [2.75, 3.05) is 0 Å². The fraction of sp³-hybridized carbons (Fsp3) is 0.200. The van der Waals surface area contributed by atoms with Gasteiger partial charge < -0.3 is 0 Å². The fourth-order valence-electron chi connectivity index (χ4n) is 2.19. The molecule has 0 unspecified atom stereocenters. The van der Waals surface area contributed by atoms with Crippen molar-refractivity contribution < 1.29 is 14.5 Å². The topological polar surface area (TPSA) is 77.3 Å². The van der Waals surface area contributed by atoms with Gasteiger partial charge in [0.2, 0.25) is 0 Å². The van der Waals surface area contributed by atoms with Gasteiger partial charge in [0.25, 0.3) is 5.69 Å². The summed E-state index contributed by atoms with van der Waals surface area (Å²) < 4.78 is 0. The lowest BCUT2D eigenvalue weighted by molar-refractivity contribution is -0.384. The number of hydrogen-bond acceptors (Lipinski definition) is 4. The Kier molecular flexibility index (Phi) is 3.36. The first-order valence-electron chi connectivity index (χ1n) is 6.07. The fourth-order valence-corrected chi connectivity index (χ4v) is 2.19. The van der Waals surface area contributed by atoms with Crippen LogP contribution in [0.3, 0.4) is 0 Å². The number of rotatable bonds is 2. The van der Waals surface area contributed by atoms with Gasteiger partial charge >= 0.3 is 0 Å². The standard InChI is InChI=1S/C15H13NO4/c1-8-9(2)15(18)13(10(3)14(8)17)11-4-6-12(7-5-11)16(19)20/h4-7H,1-3H3. The van der Waals surface area contributed by atoms with Crippen LogP contribution in [0.4, 0.5) is 5.69 Å². The van der Waals surface area contributed by atoms with Crippen molar-refractivity contribution in [3.8, 4) is 0 Å². The zero-order chi connectivity index (χ0) is 15.0. The highest BCUT2D eigenvalue weighted by atomic mass is 16.6. The highest BCUT2D eigenvalue weighted by Crippen LogP contribution is 2.31. The predicted octanol–water partition coefficient (Wildman–Crippen LogP) is 2.86. The van der Waals surface area contributed by atoms with E-state index in [1.54, 1.807) is 20.8 Å². The smallest absolute Gasteiger partial charge is 0.269 e. The molecule has 1 aromatic rings. The summed E-state index contributed by atoms with van der Waals surface area (Å²) in [6.07, 6.45) is 0. The van der Waals surface area contributed by atoms with Crippen molar-refractivity contribution in [3.63, 3.8) is 0 Å². The lowest BCUT2D eigenvalue weighted by Crippen LogP contribution is -2.19. The van der Waals surface area contributed by atoms with E-state index in [1.807, 2.05) is 0 Å². The van der Waals surface area contributed by atoms with Crippen LogP contribution in [0.1, 0.15) is 26.3 Å². The Morgan fingerprint density at radius 3 is 1.85 bits per heavy atom. The lowest BCUT2D eigenvalue weighted by atomic mass is 9.83. The number of hydrogen-bond donors (Lipinski definition) is 0. The van der Waals surface area contributed by atoms with Crippen molar-refractivity contribution in [2.24, 2.45) is 0 Å². The van der Waals surface area contributed by atoms with Gasteiger partial charge in [-0.2, -0.15) is 0 Å². The summed E-state index contributed by atoms with van der Waals surface area (Å²) in [6.45, 7) is 4.85. The molecule has 0 spiro atoms. The van der Waals surface area contributed by atoms with Crippen molar-refractivity contribution in [1.82, 2.24) is 0 Å². The largest absolute Gasteiger partial charge is 0.289 e. The molecule has 102 valence electrons. The van der Waals surface area contributed by atoms with Crippen molar-refractivity contribution in [2.45, 2.75) is 20.8 Å². The molecular formula is C15H13NO4. The van der Waals surface area contributed by atoms with E-state index in [0.29, 0.717) is 27.9 Å². The zero-order valence-corrected chi connectivity index (χ0v) is 11.4. The van der Waals surface area contributed by atoms with Gasteiger partial charge in [0, 0.05) is 34.4 Å². The van der Waals surface area contributed by atoms with E-state index in [-0.39, 0.29) is 17.3 Å². The SMILES string of the molecule is CC1=C(C)C(=O)C(c2ccc([N+](=O)[O-])cc2)=C(C)C1=O. The van der Waals surface area contributed by atoms with Crippen LogP contribution < -0.4 is 0 Å². The van der Waals surface area contributed by atoms with Crippen LogP contribution in [0.15, 0.2) is 41.0 Å². The number of non-ortho nitro benzene ring substituents is 1. The summed E-state index contributed by atoms with van der Waals surface area (Å²) in [4.78, 5) is 34.5. The number of carbonyl (C=O) groups is 2. The maximum Gasteiger partial charge on any atom is 0.269 e. The molecule has 0 saturated carbocycles. The third-order valence-corrected chi connectivity index (χ3v) is 3.55. The number of nitrogens with zero attached hydrogens (tertiary/aromatic N) is 1. The number of nitro benzene ring substituents is 1. The second-order valence-corrected chi connectivity index (χ2v) is 4.71. The van der Waals surface area contributed by atoms with Crippen LogP contribution in [-0.2, 0) is 9.59 Å². The highest BCUT2D eigenvalue weighted by Gasteiger charge is 2.28. The molecule has 1 aliphatic rings. The molecule has 0 atom stereocenters. The molecule has 0 bridgehead atoms. The highest BCUT2D eigenvalue weighted by molar-refractivity contribution is 6.39. The van der Waals surface area contributed by atoms with Crippen LogP contribution in [-0.4, -0.2) is 16.5 Å². The molecule has 2 rings (SSSR count). The second-order valence-electron chi connectivity index (χ2n) is 4.71. The summed E-state index contributed by atoms with van der Waals surface area (Å²) in [5.41, 5.74) is 2.07. The quantitative estimate of drug-likeness (QED) is 0.470. The summed E-state index contributed by atoms with van der Waals surface area (Å²) >= 11 is 0. The van der Waals surface area contributed by atoms with Gasteiger partial charge in [-0.25, -0.2) is 0 Å². The van der Waals surface area contributed by atoms with Gasteiger partial charge in [0.1, 0.15) is 0 Å². The first-order valence-corrected chi connectivity index (χ1v) is 6.07. The van der Waals surface area contributed by atoms with Crippen molar-refractivity contribution in [3.05, 3.63) is 56.7 Å². The summed E-state index contributed by atoms with van der Waals surface area (Å²) in [5, 5.41) is 10.6. The molecule has 1 aromatic carbocycles. The minimum Gasteiger partial charge on any atom is -0.289 e.